The second kappa shape index (κ2) is 4.84. The molecule has 1 aliphatic heterocycles. The summed E-state index contributed by atoms with van der Waals surface area (Å²) in [6, 6.07) is 2.82. The van der Waals surface area contributed by atoms with Crippen molar-refractivity contribution in [1.82, 2.24) is 0 Å². The first-order chi connectivity index (χ1) is 8.79. The predicted molar refractivity (Wildman–Crippen MR) is 61.8 cm³/mol. The number of carbonyl (C=O) groups excluding carboxylic acids is 1. The van der Waals surface area contributed by atoms with Crippen LogP contribution in [0, 0.1) is 0 Å². The molecule has 0 saturated carbocycles. The summed E-state index contributed by atoms with van der Waals surface area (Å²) >= 11 is 0. The van der Waals surface area contributed by atoms with Gasteiger partial charge in [-0.1, -0.05) is 6.07 Å². The van der Waals surface area contributed by atoms with E-state index in [1.54, 1.807) is 0 Å². The average molecular weight is 293 g/mol. The lowest BCUT2D eigenvalue weighted by atomic mass is 9.95. The van der Waals surface area contributed by atoms with E-state index in [1.807, 2.05) is 0 Å². The molecule has 0 radical (unpaired) electrons. The fraction of sp³-hybridized carbons (Fsp3) is 0.364. The van der Waals surface area contributed by atoms with Gasteiger partial charge in [0, 0.05) is 5.69 Å². The minimum absolute atomic E-state index is 0.00126. The molecule has 0 aliphatic carbocycles. The van der Waals surface area contributed by atoms with Crippen LogP contribution in [-0.2, 0) is 21.9 Å². The summed E-state index contributed by atoms with van der Waals surface area (Å²) in [6.07, 6.45) is -4.56. The maximum Gasteiger partial charge on any atom is 0.452 e. The summed E-state index contributed by atoms with van der Waals surface area (Å²) in [4.78, 5) is 11.1. The summed E-state index contributed by atoms with van der Waals surface area (Å²) < 4.78 is 58.6. The maximum atomic E-state index is 12.3. The van der Waals surface area contributed by atoms with Gasteiger partial charge in [-0.05, 0) is 30.5 Å². The monoisotopic (exact) mass is 293 g/mol. The molecule has 0 bridgehead atoms. The standard InChI is InChI=1S/C11H10F3NO3S/c12-11(13,14)10(16)8-4-2-6-1-3-7(19(17)18)5-9(6)15-8/h1,3,5,8,15,19H,2,4H2. The normalized spacial score (nSPS) is 18.8. The predicted octanol–water partition coefficient (Wildman–Crippen LogP) is 1.52. The van der Waals surface area contributed by atoms with Gasteiger partial charge < -0.3 is 5.32 Å². The molecule has 0 saturated heterocycles. The van der Waals surface area contributed by atoms with Crippen molar-refractivity contribution in [2.75, 3.05) is 5.32 Å². The van der Waals surface area contributed by atoms with Crippen LogP contribution in [0.2, 0.25) is 0 Å². The van der Waals surface area contributed by atoms with Gasteiger partial charge in [-0.3, -0.25) is 4.79 Å². The first kappa shape index (κ1) is 13.9. The molecule has 1 aromatic carbocycles. The number of anilines is 1. The molecule has 1 atom stereocenters. The zero-order valence-electron chi connectivity index (χ0n) is 9.53. The largest absolute Gasteiger partial charge is 0.452 e. The number of hydrogen-bond donors (Lipinski definition) is 2. The molecule has 104 valence electrons. The number of rotatable bonds is 2. The lowest BCUT2D eigenvalue weighted by Gasteiger charge is -2.26. The van der Waals surface area contributed by atoms with Crippen molar-refractivity contribution in [3.63, 3.8) is 0 Å². The molecule has 1 N–H and O–H groups in total. The Kier molecular flexibility index (Phi) is 3.53. The van der Waals surface area contributed by atoms with Gasteiger partial charge in [0.1, 0.15) is 0 Å². The summed E-state index contributed by atoms with van der Waals surface area (Å²) in [5.74, 6) is -1.84. The van der Waals surface area contributed by atoms with E-state index >= 15 is 0 Å². The van der Waals surface area contributed by atoms with E-state index in [4.69, 9.17) is 0 Å². The number of alkyl halides is 3. The van der Waals surface area contributed by atoms with Crippen molar-refractivity contribution < 1.29 is 26.4 Å². The van der Waals surface area contributed by atoms with Crippen LogP contribution < -0.4 is 5.32 Å². The number of halogens is 3. The Hall–Kier alpha value is -1.57. The lowest BCUT2D eigenvalue weighted by molar-refractivity contribution is -0.172. The van der Waals surface area contributed by atoms with Crippen LogP contribution in [0.1, 0.15) is 12.0 Å². The number of Topliss-reactive ketones (excluding diaryl/α,β-unsaturated/α-hetero) is 1. The van der Waals surface area contributed by atoms with Gasteiger partial charge in [0.25, 0.3) is 5.78 Å². The average Bonchev–Trinajstić information content (AvgIpc) is 2.35. The van der Waals surface area contributed by atoms with E-state index in [1.165, 1.54) is 18.2 Å². The first-order valence-electron chi connectivity index (χ1n) is 5.44. The molecule has 0 spiro atoms. The SMILES string of the molecule is O=C(C1CCc2ccc([SH](=O)=O)cc2N1)C(F)(F)F. The quantitative estimate of drug-likeness (QED) is 0.812. The number of aryl methyl sites for hydroxylation is 1. The third kappa shape index (κ3) is 2.89. The van der Waals surface area contributed by atoms with Crippen molar-refractivity contribution in [3.05, 3.63) is 23.8 Å². The highest BCUT2D eigenvalue weighted by Gasteiger charge is 2.44. The molecule has 8 heteroatoms. The van der Waals surface area contributed by atoms with Crippen LogP contribution in [0.3, 0.4) is 0 Å². The third-order valence-electron chi connectivity index (χ3n) is 2.93. The van der Waals surface area contributed by atoms with Gasteiger partial charge >= 0.3 is 6.18 Å². The lowest BCUT2D eigenvalue weighted by Crippen LogP contribution is -2.41. The number of ketones is 1. The number of fused-ring (bicyclic) bond motifs is 1. The Morgan fingerprint density at radius 2 is 2.00 bits per heavy atom. The zero-order chi connectivity index (χ0) is 14.2. The molecule has 2 rings (SSSR count). The van der Waals surface area contributed by atoms with Crippen LogP contribution >= 0.6 is 0 Å². The van der Waals surface area contributed by atoms with E-state index in [0.717, 1.165) is 0 Å². The third-order valence-corrected chi connectivity index (χ3v) is 3.63. The molecule has 1 heterocycles. The van der Waals surface area contributed by atoms with Crippen molar-refractivity contribution in [2.24, 2.45) is 0 Å². The van der Waals surface area contributed by atoms with Crippen molar-refractivity contribution in [3.8, 4) is 0 Å². The zero-order valence-corrected chi connectivity index (χ0v) is 10.4. The molecule has 4 nitrogen and oxygen atoms in total. The van der Waals surface area contributed by atoms with E-state index in [-0.39, 0.29) is 17.0 Å². The molecule has 0 amide bonds. The van der Waals surface area contributed by atoms with E-state index in [0.29, 0.717) is 12.0 Å². The summed E-state index contributed by atoms with van der Waals surface area (Å²) in [6.45, 7) is 0. The van der Waals surface area contributed by atoms with Crippen LogP contribution in [0.4, 0.5) is 18.9 Å². The molecular weight excluding hydrogens is 283 g/mol. The van der Waals surface area contributed by atoms with Crippen molar-refractivity contribution in [2.45, 2.75) is 30.0 Å². The summed E-state index contributed by atoms with van der Waals surface area (Å²) in [5, 5.41) is 2.46. The Morgan fingerprint density at radius 1 is 1.32 bits per heavy atom. The van der Waals surface area contributed by atoms with Gasteiger partial charge in [-0.2, -0.15) is 13.2 Å². The highest BCUT2D eigenvalue weighted by Crippen LogP contribution is 2.30. The van der Waals surface area contributed by atoms with E-state index in [9.17, 15) is 26.4 Å². The van der Waals surface area contributed by atoms with Crippen molar-refractivity contribution >= 4 is 22.2 Å². The highest BCUT2D eigenvalue weighted by molar-refractivity contribution is 7.72. The topological polar surface area (TPSA) is 63.2 Å². The number of benzene rings is 1. The molecule has 19 heavy (non-hydrogen) atoms. The molecule has 0 aromatic heterocycles. The van der Waals surface area contributed by atoms with Gasteiger partial charge in [-0.15, -0.1) is 0 Å². The Labute approximate surface area is 108 Å². The van der Waals surface area contributed by atoms with Crippen LogP contribution in [0.25, 0.3) is 0 Å². The molecule has 1 unspecified atom stereocenters. The van der Waals surface area contributed by atoms with E-state index in [2.05, 4.69) is 5.32 Å². The van der Waals surface area contributed by atoms with Crippen LogP contribution in [-0.4, -0.2) is 26.4 Å². The summed E-state index contributed by atoms with van der Waals surface area (Å²) in [7, 11) is -2.81. The van der Waals surface area contributed by atoms with Crippen LogP contribution in [0.5, 0.6) is 0 Å². The maximum absolute atomic E-state index is 12.3. The second-order valence-corrected chi connectivity index (χ2v) is 5.23. The van der Waals surface area contributed by atoms with Crippen molar-refractivity contribution in [1.29, 1.82) is 0 Å². The Balaban J connectivity index is 2.28. The number of hydrogen-bond acceptors (Lipinski definition) is 4. The minimum Gasteiger partial charge on any atom is -0.375 e. The molecule has 1 aliphatic rings. The van der Waals surface area contributed by atoms with Crippen LogP contribution in [0.15, 0.2) is 23.1 Å². The first-order valence-corrected chi connectivity index (χ1v) is 6.61. The number of carbonyl (C=O) groups is 1. The molecule has 1 aromatic rings. The fourth-order valence-corrected chi connectivity index (χ4v) is 2.42. The number of nitrogens with one attached hydrogen (secondary N) is 1. The van der Waals surface area contributed by atoms with Gasteiger partial charge in [0.05, 0.1) is 10.9 Å². The minimum atomic E-state index is -4.89. The fourth-order valence-electron chi connectivity index (χ4n) is 1.98. The smallest absolute Gasteiger partial charge is 0.375 e. The molecular formula is C11H10F3NO3S. The second-order valence-electron chi connectivity index (χ2n) is 4.20. The highest BCUT2D eigenvalue weighted by atomic mass is 32.2. The van der Waals surface area contributed by atoms with Gasteiger partial charge in [0.2, 0.25) is 0 Å². The Bertz CT molecular complexity index is 587. The van der Waals surface area contributed by atoms with Gasteiger partial charge in [0.15, 0.2) is 10.7 Å². The summed E-state index contributed by atoms with van der Waals surface area (Å²) in [5.41, 5.74) is 0.970. The van der Waals surface area contributed by atoms with Gasteiger partial charge in [-0.25, -0.2) is 8.42 Å². The van der Waals surface area contributed by atoms with E-state index < -0.39 is 28.7 Å². The molecule has 0 fully saturated rings. The number of thiol groups is 1. The Morgan fingerprint density at radius 3 is 2.58 bits per heavy atom.